The highest BCUT2D eigenvalue weighted by Crippen LogP contribution is 2.31. The molecule has 2 aromatic rings. The first-order valence-corrected chi connectivity index (χ1v) is 14.0. The van der Waals surface area contributed by atoms with Gasteiger partial charge in [-0.1, -0.05) is 6.07 Å². The molecule has 3 aliphatic heterocycles. The summed E-state index contributed by atoms with van der Waals surface area (Å²) in [6, 6.07) is 5.53. The van der Waals surface area contributed by atoms with Gasteiger partial charge >= 0.3 is 6.09 Å². The zero-order valence-electron chi connectivity index (χ0n) is 23.7. The van der Waals surface area contributed by atoms with Gasteiger partial charge in [-0.2, -0.15) is 0 Å². The lowest BCUT2D eigenvalue weighted by Crippen LogP contribution is -2.47. The van der Waals surface area contributed by atoms with Gasteiger partial charge in [-0.05, 0) is 70.8 Å². The molecule has 12 nitrogen and oxygen atoms in total. The Morgan fingerprint density at radius 1 is 1.10 bits per heavy atom. The average molecular weight is 554 g/mol. The number of rotatable bonds is 6. The van der Waals surface area contributed by atoms with Crippen molar-refractivity contribution < 1.29 is 23.9 Å². The lowest BCUT2D eigenvalue weighted by Gasteiger charge is -2.33. The predicted molar refractivity (Wildman–Crippen MR) is 147 cm³/mol. The maximum atomic E-state index is 12.5. The van der Waals surface area contributed by atoms with Crippen LogP contribution in [0.15, 0.2) is 18.2 Å². The van der Waals surface area contributed by atoms with E-state index in [4.69, 9.17) is 9.47 Å². The first kappa shape index (κ1) is 27.9. The summed E-state index contributed by atoms with van der Waals surface area (Å²) in [7, 11) is 1.62. The van der Waals surface area contributed by atoms with Crippen molar-refractivity contribution in [3.8, 4) is 5.75 Å². The van der Waals surface area contributed by atoms with E-state index in [1.807, 2.05) is 39.0 Å². The van der Waals surface area contributed by atoms with Crippen LogP contribution in [0.3, 0.4) is 0 Å². The fraction of sp³-hybridized carbons (Fsp3) is 0.607. The standard InChI is InChI=1S/C28H39N7O5/c1-28(2,3)40-27(38)34-13-14-35-23(17-34)31-32-25(35)19-9-11-33(12-10-19)16-18-5-6-20(22(15-18)39-4)29-21-7-8-24(36)30-26(21)37/h5-6,15,19,21,29H,7-14,16-17H2,1-4H3,(H,30,36,37). The molecule has 1 aromatic carbocycles. The molecule has 0 radical (unpaired) electrons. The van der Waals surface area contributed by atoms with Crippen LogP contribution >= 0.6 is 0 Å². The van der Waals surface area contributed by atoms with Crippen molar-refractivity contribution in [1.82, 2.24) is 29.9 Å². The van der Waals surface area contributed by atoms with Gasteiger partial charge in [0, 0.05) is 32.0 Å². The molecule has 216 valence electrons. The van der Waals surface area contributed by atoms with Crippen LogP contribution in [0, 0.1) is 0 Å². The maximum absolute atomic E-state index is 12.5. The minimum Gasteiger partial charge on any atom is -0.495 e. The number of methoxy groups -OCH3 is 1. The summed E-state index contributed by atoms with van der Waals surface area (Å²) in [5, 5.41) is 14.5. The van der Waals surface area contributed by atoms with Crippen molar-refractivity contribution in [2.45, 2.75) is 83.6 Å². The predicted octanol–water partition coefficient (Wildman–Crippen LogP) is 2.63. The second kappa shape index (κ2) is 11.4. The third-order valence-corrected chi connectivity index (χ3v) is 7.63. The van der Waals surface area contributed by atoms with E-state index in [-0.39, 0.29) is 17.9 Å². The van der Waals surface area contributed by atoms with Gasteiger partial charge in [-0.15, -0.1) is 10.2 Å². The second-order valence-corrected chi connectivity index (χ2v) is 11.8. The molecule has 2 N–H and O–H groups in total. The minimum atomic E-state index is -0.527. The first-order chi connectivity index (χ1) is 19.1. The molecule has 40 heavy (non-hydrogen) atoms. The molecular formula is C28H39N7O5. The molecule has 3 aliphatic rings. The Labute approximate surface area is 234 Å². The Hall–Kier alpha value is -3.67. The Bertz CT molecular complexity index is 1260. The van der Waals surface area contributed by atoms with Crippen molar-refractivity contribution >= 4 is 23.6 Å². The topological polar surface area (TPSA) is 131 Å². The SMILES string of the molecule is COc1cc(CN2CCC(c3nnc4n3CCN(C(=O)OC(C)(C)C)C4)CC2)ccc1NC1CCC(=O)NC1=O. The number of carbonyl (C=O) groups is 3. The van der Waals surface area contributed by atoms with Crippen LogP contribution in [0.5, 0.6) is 5.75 Å². The van der Waals surface area contributed by atoms with E-state index in [0.717, 1.165) is 55.4 Å². The summed E-state index contributed by atoms with van der Waals surface area (Å²) in [4.78, 5) is 40.2. The van der Waals surface area contributed by atoms with Crippen molar-refractivity contribution in [3.05, 3.63) is 35.4 Å². The Morgan fingerprint density at radius 2 is 1.88 bits per heavy atom. The molecule has 2 fully saturated rings. The number of fused-ring (bicyclic) bond motifs is 1. The normalized spacial score (nSPS) is 20.6. The van der Waals surface area contributed by atoms with E-state index in [1.54, 1.807) is 12.0 Å². The van der Waals surface area contributed by atoms with Crippen molar-refractivity contribution in [2.75, 3.05) is 32.1 Å². The fourth-order valence-electron chi connectivity index (χ4n) is 5.54. The Kier molecular flexibility index (Phi) is 7.97. The van der Waals surface area contributed by atoms with Crippen LogP contribution < -0.4 is 15.4 Å². The summed E-state index contributed by atoms with van der Waals surface area (Å²) in [5.41, 5.74) is 1.34. The Balaban J connectivity index is 1.15. The van der Waals surface area contributed by atoms with E-state index in [2.05, 4.69) is 30.3 Å². The summed E-state index contributed by atoms with van der Waals surface area (Å²) in [5.74, 6) is 2.30. The van der Waals surface area contributed by atoms with Crippen molar-refractivity contribution in [1.29, 1.82) is 0 Å². The number of likely N-dealkylation sites (tertiary alicyclic amines) is 1. The number of hydrogen-bond acceptors (Lipinski definition) is 9. The Morgan fingerprint density at radius 3 is 2.58 bits per heavy atom. The molecule has 3 amide bonds. The highest BCUT2D eigenvalue weighted by molar-refractivity contribution is 6.01. The molecule has 5 rings (SSSR count). The number of benzene rings is 1. The van der Waals surface area contributed by atoms with Crippen LogP contribution in [-0.4, -0.2) is 80.9 Å². The molecule has 1 aromatic heterocycles. The molecule has 0 saturated carbocycles. The van der Waals surface area contributed by atoms with E-state index in [9.17, 15) is 14.4 Å². The lowest BCUT2D eigenvalue weighted by atomic mass is 9.95. The molecule has 0 spiro atoms. The fourth-order valence-corrected chi connectivity index (χ4v) is 5.54. The van der Waals surface area contributed by atoms with Gasteiger partial charge in [0.25, 0.3) is 0 Å². The maximum Gasteiger partial charge on any atom is 0.410 e. The second-order valence-electron chi connectivity index (χ2n) is 11.8. The molecule has 12 heteroatoms. The lowest BCUT2D eigenvalue weighted by molar-refractivity contribution is -0.133. The number of imide groups is 1. The average Bonchev–Trinajstić information content (AvgIpc) is 3.34. The van der Waals surface area contributed by atoms with E-state index in [1.165, 1.54) is 0 Å². The van der Waals surface area contributed by atoms with Gasteiger partial charge < -0.3 is 19.4 Å². The molecular weight excluding hydrogens is 514 g/mol. The molecule has 0 bridgehead atoms. The highest BCUT2D eigenvalue weighted by atomic mass is 16.6. The quantitative estimate of drug-likeness (QED) is 0.518. The van der Waals surface area contributed by atoms with Gasteiger partial charge in [0.15, 0.2) is 5.82 Å². The van der Waals surface area contributed by atoms with Crippen LogP contribution in [0.25, 0.3) is 0 Å². The molecule has 2 saturated heterocycles. The summed E-state index contributed by atoms with van der Waals surface area (Å²) in [6.07, 6.45) is 2.44. The number of anilines is 1. The number of amides is 3. The number of ether oxygens (including phenoxy) is 2. The van der Waals surface area contributed by atoms with E-state index in [0.29, 0.717) is 44.1 Å². The molecule has 1 unspecified atom stereocenters. The minimum absolute atomic E-state index is 0.233. The van der Waals surface area contributed by atoms with E-state index < -0.39 is 11.6 Å². The third-order valence-electron chi connectivity index (χ3n) is 7.63. The molecule has 4 heterocycles. The van der Waals surface area contributed by atoms with Crippen LogP contribution in [0.1, 0.15) is 69.6 Å². The first-order valence-electron chi connectivity index (χ1n) is 14.0. The van der Waals surface area contributed by atoms with E-state index >= 15 is 0 Å². The van der Waals surface area contributed by atoms with Gasteiger partial charge in [0.2, 0.25) is 11.8 Å². The van der Waals surface area contributed by atoms with Crippen LogP contribution in [0.4, 0.5) is 10.5 Å². The molecule has 1 atom stereocenters. The third kappa shape index (κ3) is 6.38. The highest BCUT2D eigenvalue weighted by Gasteiger charge is 2.32. The number of hydrogen-bond donors (Lipinski definition) is 2. The number of aromatic nitrogens is 3. The smallest absolute Gasteiger partial charge is 0.410 e. The zero-order valence-corrected chi connectivity index (χ0v) is 23.7. The zero-order chi connectivity index (χ0) is 28.4. The number of piperidine rings is 2. The number of carbonyl (C=O) groups excluding carboxylic acids is 3. The van der Waals surface area contributed by atoms with Crippen molar-refractivity contribution in [3.63, 3.8) is 0 Å². The monoisotopic (exact) mass is 553 g/mol. The van der Waals surface area contributed by atoms with Gasteiger partial charge in [-0.25, -0.2) is 4.79 Å². The number of nitrogens with zero attached hydrogens (tertiary/aromatic N) is 5. The summed E-state index contributed by atoms with van der Waals surface area (Å²) >= 11 is 0. The van der Waals surface area contributed by atoms with Gasteiger partial charge in [-0.3, -0.25) is 24.7 Å². The molecule has 0 aliphatic carbocycles. The van der Waals surface area contributed by atoms with Crippen LogP contribution in [0.2, 0.25) is 0 Å². The largest absolute Gasteiger partial charge is 0.495 e. The van der Waals surface area contributed by atoms with Gasteiger partial charge in [0.1, 0.15) is 23.2 Å². The van der Waals surface area contributed by atoms with Gasteiger partial charge in [0.05, 0.1) is 19.3 Å². The summed E-state index contributed by atoms with van der Waals surface area (Å²) in [6.45, 7) is 9.96. The van der Waals surface area contributed by atoms with Crippen molar-refractivity contribution in [2.24, 2.45) is 0 Å². The van der Waals surface area contributed by atoms with Crippen LogP contribution in [-0.2, 0) is 34.0 Å². The summed E-state index contributed by atoms with van der Waals surface area (Å²) < 4.78 is 13.3. The number of nitrogens with one attached hydrogen (secondary N) is 2.